The molecule has 1 aliphatic carbocycles. The lowest BCUT2D eigenvalue weighted by molar-refractivity contribution is 0.463. The van der Waals surface area contributed by atoms with Crippen LogP contribution in [0.15, 0.2) is 24.3 Å². The molecule has 0 spiro atoms. The second-order valence-electron chi connectivity index (χ2n) is 3.99. The first-order chi connectivity index (χ1) is 6.84. The summed E-state index contributed by atoms with van der Waals surface area (Å²) in [4.78, 5) is 0. The van der Waals surface area contributed by atoms with Crippen LogP contribution in [0.5, 0.6) is 0 Å². The van der Waals surface area contributed by atoms with Gasteiger partial charge in [0.2, 0.25) is 0 Å². The van der Waals surface area contributed by atoms with E-state index in [4.69, 9.17) is 11.6 Å². The monoisotopic (exact) mass is 209 g/mol. The molecule has 1 nitrogen and oxygen atoms in total. The van der Waals surface area contributed by atoms with Crippen molar-refractivity contribution in [3.8, 4) is 0 Å². The summed E-state index contributed by atoms with van der Waals surface area (Å²) in [6, 6.07) is 8.64. The van der Waals surface area contributed by atoms with Gasteiger partial charge in [0.25, 0.3) is 0 Å². The Morgan fingerprint density at radius 3 is 2.64 bits per heavy atom. The molecule has 0 heterocycles. The Morgan fingerprint density at radius 2 is 1.93 bits per heavy atom. The zero-order chi connectivity index (χ0) is 9.80. The second kappa shape index (κ2) is 4.70. The fourth-order valence-corrected chi connectivity index (χ4v) is 2.25. The van der Waals surface area contributed by atoms with Gasteiger partial charge in [-0.1, -0.05) is 36.9 Å². The summed E-state index contributed by atoms with van der Waals surface area (Å²) in [5.41, 5.74) is 1.16. The van der Waals surface area contributed by atoms with Crippen LogP contribution in [-0.2, 0) is 0 Å². The highest BCUT2D eigenvalue weighted by Crippen LogP contribution is 2.22. The van der Waals surface area contributed by atoms with Crippen molar-refractivity contribution >= 4 is 17.3 Å². The number of hydrogen-bond donors (Lipinski definition) is 1. The topological polar surface area (TPSA) is 12.0 Å². The van der Waals surface area contributed by atoms with Gasteiger partial charge in [0.1, 0.15) is 0 Å². The molecule has 0 saturated heterocycles. The minimum absolute atomic E-state index is 0.655. The molecule has 0 aromatic heterocycles. The molecule has 1 aromatic carbocycles. The lowest BCUT2D eigenvalue weighted by Gasteiger charge is -2.23. The molecule has 1 aliphatic rings. The molecule has 1 N–H and O–H groups in total. The fourth-order valence-electron chi connectivity index (χ4n) is 2.06. The van der Waals surface area contributed by atoms with Crippen LogP contribution in [-0.4, -0.2) is 6.04 Å². The normalized spacial score (nSPS) is 18.1. The molecule has 0 radical (unpaired) electrons. The van der Waals surface area contributed by atoms with E-state index in [0.29, 0.717) is 6.04 Å². The van der Waals surface area contributed by atoms with Crippen LogP contribution in [0, 0.1) is 0 Å². The van der Waals surface area contributed by atoms with E-state index in [1.165, 1.54) is 32.1 Å². The molecule has 0 unspecified atom stereocenters. The first-order valence-corrected chi connectivity index (χ1v) is 5.74. The van der Waals surface area contributed by atoms with Gasteiger partial charge in [-0.25, -0.2) is 0 Å². The molecule has 0 aliphatic heterocycles. The molecule has 2 heteroatoms. The molecule has 1 fully saturated rings. The van der Waals surface area contributed by atoms with Gasteiger partial charge in [-0.15, -0.1) is 0 Å². The van der Waals surface area contributed by atoms with Crippen molar-refractivity contribution < 1.29 is 0 Å². The van der Waals surface area contributed by atoms with Gasteiger partial charge in [0, 0.05) is 16.8 Å². The predicted molar refractivity (Wildman–Crippen MR) is 61.9 cm³/mol. The molecule has 2 rings (SSSR count). The van der Waals surface area contributed by atoms with E-state index in [1.807, 2.05) is 18.2 Å². The summed E-state index contributed by atoms with van der Waals surface area (Å²) in [7, 11) is 0. The second-order valence-corrected chi connectivity index (χ2v) is 4.43. The largest absolute Gasteiger partial charge is 0.382 e. The number of nitrogens with one attached hydrogen (secondary N) is 1. The quantitative estimate of drug-likeness (QED) is 0.774. The summed E-state index contributed by atoms with van der Waals surface area (Å²) in [5, 5.41) is 4.35. The zero-order valence-electron chi connectivity index (χ0n) is 8.30. The third-order valence-corrected chi connectivity index (χ3v) is 3.04. The maximum Gasteiger partial charge on any atom is 0.0426 e. The van der Waals surface area contributed by atoms with Crippen LogP contribution in [0.1, 0.15) is 32.1 Å². The zero-order valence-corrected chi connectivity index (χ0v) is 9.06. The van der Waals surface area contributed by atoms with E-state index in [2.05, 4.69) is 11.4 Å². The molecule has 0 atom stereocenters. The van der Waals surface area contributed by atoms with E-state index >= 15 is 0 Å². The van der Waals surface area contributed by atoms with E-state index in [-0.39, 0.29) is 0 Å². The predicted octanol–water partition coefficient (Wildman–Crippen LogP) is 4.08. The van der Waals surface area contributed by atoms with Gasteiger partial charge in [0.05, 0.1) is 0 Å². The Morgan fingerprint density at radius 1 is 1.14 bits per heavy atom. The van der Waals surface area contributed by atoms with E-state index in [0.717, 1.165) is 10.7 Å². The molecule has 0 amide bonds. The van der Waals surface area contributed by atoms with Crippen molar-refractivity contribution in [3.63, 3.8) is 0 Å². The fraction of sp³-hybridized carbons (Fsp3) is 0.500. The van der Waals surface area contributed by atoms with Gasteiger partial charge in [-0.3, -0.25) is 0 Å². The van der Waals surface area contributed by atoms with Crippen LogP contribution < -0.4 is 5.32 Å². The summed E-state index contributed by atoms with van der Waals surface area (Å²) in [6.07, 6.45) is 6.71. The van der Waals surface area contributed by atoms with Crippen molar-refractivity contribution in [2.45, 2.75) is 38.1 Å². The first-order valence-electron chi connectivity index (χ1n) is 5.37. The standard InChI is InChI=1S/C12H16ClN/c13-10-5-4-8-12(9-10)14-11-6-2-1-3-7-11/h4-5,8-9,11,14H,1-3,6-7H2. The number of benzene rings is 1. The van der Waals surface area contributed by atoms with E-state index in [1.54, 1.807) is 0 Å². The third kappa shape index (κ3) is 2.65. The summed E-state index contributed by atoms with van der Waals surface area (Å²) in [5.74, 6) is 0. The Hall–Kier alpha value is -0.690. The Labute approximate surface area is 90.5 Å². The summed E-state index contributed by atoms with van der Waals surface area (Å²) in [6.45, 7) is 0. The average molecular weight is 210 g/mol. The highest BCUT2D eigenvalue weighted by atomic mass is 35.5. The van der Waals surface area contributed by atoms with Crippen LogP contribution in [0.25, 0.3) is 0 Å². The lowest BCUT2D eigenvalue weighted by Crippen LogP contribution is -2.22. The van der Waals surface area contributed by atoms with Gasteiger partial charge < -0.3 is 5.32 Å². The van der Waals surface area contributed by atoms with Crippen molar-refractivity contribution in [1.82, 2.24) is 0 Å². The number of anilines is 1. The van der Waals surface area contributed by atoms with Crippen LogP contribution >= 0.6 is 11.6 Å². The molecular formula is C12H16ClN. The van der Waals surface area contributed by atoms with Crippen LogP contribution in [0.2, 0.25) is 5.02 Å². The van der Waals surface area contributed by atoms with Crippen molar-refractivity contribution in [3.05, 3.63) is 29.3 Å². The Kier molecular flexibility index (Phi) is 3.30. The molecular weight excluding hydrogens is 194 g/mol. The van der Waals surface area contributed by atoms with Gasteiger partial charge in [0.15, 0.2) is 0 Å². The highest BCUT2D eigenvalue weighted by Gasteiger charge is 2.12. The van der Waals surface area contributed by atoms with Crippen LogP contribution in [0.4, 0.5) is 5.69 Å². The van der Waals surface area contributed by atoms with Gasteiger partial charge in [-0.05, 0) is 31.0 Å². The SMILES string of the molecule is Clc1cccc(NC2CCCCC2)c1. The van der Waals surface area contributed by atoms with E-state index < -0.39 is 0 Å². The molecule has 1 saturated carbocycles. The van der Waals surface area contributed by atoms with Crippen molar-refractivity contribution in [2.75, 3.05) is 5.32 Å². The lowest BCUT2D eigenvalue weighted by atomic mass is 9.95. The highest BCUT2D eigenvalue weighted by molar-refractivity contribution is 6.30. The molecule has 1 aromatic rings. The minimum atomic E-state index is 0.655. The van der Waals surface area contributed by atoms with Gasteiger partial charge in [-0.2, -0.15) is 0 Å². The smallest absolute Gasteiger partial charge is 0.0426 e. The third-order valence-electron chi connectivity index (χ3n) is 2.80. The van der Waals surface area contributed by atoms with Gasteiger partial charge >= 0.3 is 0 Å². The molecule has 0 bridgehead atoms. The maximum atomic E-state index is 5.92. The minimum Gasteiger partial charge on any atom is -0.382 e. The first kappa shape index (κ1) is 9.85. The summed E-state index contributed by atoms with van der Waals surface area (Å²) >= 11 is 5.92. The van der Waals surface area contributed by atoms with Crippen molar-refractivity contribution in [1.29, 1.82) is 0 Å². The maximum absolute atomic E-state index is 5.92. The average Bonchev–Trinajstić information content (AvgIpc) is 2.19. The number of hydrogen-bond acceptors (Lipinski definition) is 1. The molecule has 14 heavy (non-hydrogen) atoms. The summed E-state index contributed by atoms with van der Waals surface area (Å²) < 4.78 is 0. The number of rotatable bonds is 2. The Bertz CT molecular complexity index is 292. The number of halogens is 1. The molecule has 76 valence electrons. The van der Waals surface area contributed by atoms with Crippen LogP contribution in [0.3, 0.4) is 0 Å². The van der Waals surface area contributed by atoms with Crippen molar-refractivity contribution in [2.24, 2.45) is 0 Å². The van der Waals surface area contributed by atoms with E-state index in [9.17, 15) is 0 Å². The Balaban J connectivity index is 1.95.